The Balaban J connectivity index is 2.29. The van der Waals surface area contributed by atoms with Gasteiger partial charge in [-0.05, 0) is 12.5 Å². The van der Waals surface area contributed by atoms with Crippen molar-refractivity contribution in [2.24, 2.45) is 11.1 Å². The van der Waals surface area contributed by atoms with Gasteiger partial charge in [-0.3, -0.25) is 4.79 Å². The predicted octanol–water partition coefficient (Wildman–Crippen LogP) is 1.18. The second kappa shape index (κ2) is 4.47. The molecule has 4 nitrogen and oxygen atoms in total. The van der Waals surface area contributed by atoms with Gasteiger partial charge in [0.25, 0.3) is 0 Å². The number of methoxy groups -OCH3 is 1. The highest BCUT2D eigenvalue weighted by Crippen LogP contribution is 2.40. The first kappa shape index (κ1) is 12.1. The Hall–Kier alpha value is -1.39. The van der Waals surface area contributed by atoms with Crippen LogP contribution in [0.2, 0.25) is 0 Å². The Morgan fingerprint density at radius 2 is 2.24 bits per heavy atom. The van der Waals surface area contributed by atoms with Crippen molar-refractivity contribution in [1.82, 2.24) is 0 Å². The average Bonchev–Trinajstić information content (AvgIpc) is 2.27. The van der Waals surface area contributed by atoms with Gasteiger partial charge in [-0.15, -0.1) is 0 Å². The molecule has 0 amide bonds. The van der Waals surface area contributed by atoms with Gasteiger partial charge in [0.1, 0.15) is 5.41 Å². The van der Waals surface area contributed by atoms with Crippen molar-refractivity contribution in [3.8, 4) is 0 Å². The SMILES string of the molecule is COC(=O)C1(C(N)c2cccc(C)c2)COC1. The molecule has 1 aliphatic heterocycles. The molecule has 2 N–H and O–H groups in total. The van der Waals surface area contributed by atoms with Crippen molar-refractivity contribution < 1.29 is 14.3 Å². The molecule has 1 aliphatic rings. The number of hydrogen-bond acceptors (Lipinski definition) is 4. The molecule has 92 valence electrons. The van der Waals surface area contributed by atoms with Crippen molar-refractivity contribution in [3.05, 3.63) is 35.4 Å². The van der Waals surface area contributed by atoms with E-state index in [2.05, 4.69) is 0 Å². The maximum atomic E-state index is 11.8. The van der Waals surface area contributed by atoms with E-state index in [9.17, 15) is 4.79 Å². The van der Waals surface area contributed by atoms with E-state index in [1.54, 1.807) is 0 Å². The highest BCUT2D eigenvalue weighted by atomic mass is 16.5. The molecular weight excluding hydrogens is 218 g/mol. The number of benzene rings is 1. The Bertz CT molecular complexity index is 426. The largest absolute Gasteiger partial charge is 0.468 e. The lowest BCUT2D eigenvalue weighted by Crippen LogP contribution is -2.56. The number of carbonyl (C=O) groups is 1. The Morgan fingerprint density at radius 3 is 2.71 bits per heavy atom. The smallest absolute Gasteiger partial charge is 0.318 e. The molecule has 1 fully saturated rings. The van der Waals surface area contributed by atoms with Gasteiger partial charge in [-0.1, -0.05) is 29.8 Å². The van der Waals surface area contributed by atoms with Gasteiger partial charge in [0, 0.05) is 0 Å². The van der Waals surface area contributed by atoms with Crippen molar-refractivity contribution in [1.29, 1.82) is 0 Å². The molecule has 1 atom stereocenters. The molecule has 1 heterocycles. The fraction of sp³-hybridized carbons (Fsp3) is 0.462. The van der Waals surface area contributed by atoms with Crippen LogP contribution in [0.3, 0.4) is 0 Å². The second-order valence-electron chi connectivity index (χ2n) is 4.53. The molecule has 0 spiro atoms. The molecule has 0 radical (unpaired) electrons. The lowest BCUT2D eigenvalue weighted by molar-refractivity contribution is -0.188. The fourth-order valence-electron chi connectivity index (χ4n) is 2.13. The fourth-order valence-corrected chi connectivity index (χ4v) is 2.13. The van der Waals surface area contributed by atoms with E-state index in [1.807, 2.05) is 31.2 Å². The first-order valence-electron chi connectivity index (χ1n) is 5.58. The number of aryl methyl sites for hydroxylation is 1. The summed E-state index contributed by atoms with van der Waals surface area (Å²) in [6.07, 6.45) is 0. The predicted molar refractivity (Wildman–Crippen MR) is 63.4 cm³/mol. The van der Waals surface area contributed by atoms with Crippen LogP contribution in [0.4, 0.5) is 0 Å². The summed E-state index contributed by atoms with van der Waals surface area (Å²) in [6.45, 7) is 2.65. The first-order valence-corrected chi connectivity index (χ1v) is 5.58. The minimum Gasteiger partial charge on any atom is -0.468 e. The highest BCUT2D eigenvalue weighted by molar-refractivity contribution is 5.79. The summed E-state index contributed by atoms with van der Waals surface area (Å²) in [5.41, 5.74) is 7.55. The summed E-state index contributed by atoms with van der Waals surface area (Å²) >= 11 is 0. The van der Waals surface area contributed by atoms with Crippen LogP contribution in [0, 0.1) is 12.3 Å². The van der Waals surface area contributed by atoms with Gasteiger partial charge >= 0.3 is 5.97 Å². The maximum absolute atomic E-state index is 11.8. The maximum Gasteiger partial charge on any atom is 0.318 e. The zero-order valence-corrected chi connectivity index (χ0v) is 10.1. The van der Waals surface area contributed by atoms with E-state index in [1.165, 1.54) is 7.11 Å². The molecule has 4 heteroatoms. The molecule has 0 bridgehead atoms. The van der Waals surface area contributed by atoms with Crippen LogP contribution in [-0.4, -0.2) is 26.3 Å². The second-order valence-corrected chi connectivity index (χ2v) is 4.53. The van der Waals surface area contributed by atoms with Gasteiger partial charge in [0.05, 0.1) is 26.4 Å². The van der Waals surface area contributed by atoms with Crippen molar-refractivity contribution in [2.75, 3.05) is 20.3 Å². The average molecular weight is 235 g/mol. The molecule has 1 saturated heterocycles. The zero-order valence-electron chi connectivity index (χ0n) is 10.1. The van der Waals surface area contributed by atoms with Gasteiger partial charge < -0.3 is 15.2 Å². The number of nitrogens with two attached hydrogens (primary N) is 1. The molecule has 2 rings (SSSR count). The molecule has 17 heavy (non-hydrogen) atoms. The Morgan fingerprint density at radius 1 is 1.53 bits per heavy atom. The van der Waals surface area contributed by atoms with E-state index < -0.39 is 5.41 Å². The van der Waals surface area contributed by atoms with E-state index in [-0.39, 0.29) is 12.0 Å². The van der Waals surface area contributed by atoms with Gasteiger partial charge in [-0.25, -0.2) is 0 Å². The van der Waals surface area contributed by atoms with Crippen LogP contribution in [0.1, 0.15) is 17.2 Å². The molecule has 1 aromatic carbocycles. The summed E-state index contributed by atoms with van der Waals surface area (Å²) in [7, 11) is 1.38. The van der Waals surface area contributed by atoms with E-state index >= 15 is 0 Å². The van der Waals surface area contributed by atoms with Crippen molar-refractivity contribution >= 4 is 5.97 Å². The third kappa shape index (κ3) is 1.94. The van der Waals surface area contributed by atoms with Crippen LogP contribution in [0.5, 0.6) is 0 Å². The van der Waals surface area contributed by atoms with Gasteiger partial charge in [0.15, 0.2) is 0 Å². The summed E-state index contributed by atoms with van der Waals surface area (Å²) < 4.78 is 9.98. The van der Waals surface area contributed by atoms with Crippen molar-refractivity contribution in [2.45, 2.75) is 13.0 Å². The molecule has 1 unspecified atom stereocenters. The molecule has 0 saturated carbocycles. The van der Waals surface area contributed by atoms with E-state index in [4.69, 9.17) is 15.2 Å². The van der Waals surface area contributed by atoms with Gasteiger partial charge in [0.2, 0.25) is 0 Å². The Labute approximate surface area is 101 Å². The summed E-state index contributed by atoms with van der Waals surface area (Å²) in [4.78, 5) is 11.8. The normalized spacial score (nSPS) is 19.2. The van der Waals surface area contributed by atoms with E-state index in [0.29, 0.717) is 13.2 Å². The standard InChI is InChI=1S/C13H17NO3/c1-9-4-3-5-10(6-9)11(14)13(7-17-8-13)12(15)16-2/h3-6,11H,7-8,14H2,1-2H3. The molecule has 0 aliphatic carbocycles. The molecule has 0 aromatic heterocycles. The third-order valence-electron chi connectivity index (χ3n) is 3.31. The van der Waals surface area contributed by atoms with E-state index in [0.717, 1.165) is 11.1 Å². The summed E-state index contributed by atoms with van der Waals surface area (Å²) in [5, 5.41) is 0. The highest BCUT2D eigenvalue weighted by Gasteiger charge is 2.52. The van der Waals surface area contributed by atoms with Crippen LogP contribution >= 0.6 is 0 Å². The number of rotatable bonds is 3. The van der Waals surface area contributed by atoms with Crippen LogP contribution in [0.15, 0.2) is 24.3 Å². The summed E-state index contributed by atoms with van der Waals surface area (Å²) in [5.74, 6) is -0.294. The van der Waals surface area contributed by atoms with Crippen LogP contribution in [-0.2, 0) is 14.3 Å². The minimum atomic E-state index is -0.720. The number of ether oxygens (including phenoxy) is 2. The quantitative estimate of drug-likeness (QED) is 0.799. The first-order chi connectivity index (χ1) is 8.10. The Kier molecular flexibility index (Phi) is 3.17. The number of carbonyl (C=O) groups excluding carboxylic acids is 1. The van der Waals surface area contributed by atoms with Gasteiger partial charge in [-0.2, -0.15) is 0 Å². The third-order valence-corrected chi connectivity index (χ3v) is 3.31. The minimum absolute atomic E-state index is 0.294. The molecule has 1 aromatic rings. The molecular formula is C13H17NO3. The number of esters is 1. The van der Waals surface area contributed by atoms with Crippen LogP contribution < -0.4 is 5.73 Å². The topological polar surface area (TPSA) is 61.5 Å². The zero-order chi connectivity index (χ0) is 12.5. The summed E-state index contributed by atoms with van der Waals surface area (Å²) in [6, 6.07) is 7.48. The number of hydrogen-bond donors (Lipinski definition) is 1. The lowest BCUT2D eigenvalue weighted by atomic mass is 9.75. The van der Waals surface area contributed by atoms with Crippen molar-refractivity contribution in [3.63, 3.8) is 0 Å². The van der Waals surface area contributed by atoms with Crippen LogP contribution in [0.25, 0.3) is 0 Å². The monoisotopic (exact) mass is 235 g/mol. The lowest BCUT2D eigenvalue weighted by Gasteiger charge is -2.42.